The van der Waals surface area contributed by atoms with Crippen molar-refractivity contribution in [3.05, 3.63) is 206 Å². The smallest absolute Gasteiger partial charge is 0.238 e. The number of hydrogen-bond acceptors (Lipinski definition) is 4. The van der Waals surface area contributed by atoms with Gasteiger partial charge in [-0.1, -0.05) is 182 Å². The Balaban J connectivity index is 1.24. The fourth-order valence-corrected chi connectivity index (χ4v) is 8.64. The first kappa shape index (κ1) is 21.7. The van der Waals surface area contributed by atoms with E-state index in [2.05, 4.69) is 6.07 Å². The van der Waals surface area contributed by atoms with Crippen molar-refractivity contribution in [2.45, 2.75) is 0 Å². The average Bonchev–Trinajstić information content (AvgIpc) is 3.11. The highest BCUT2D eigenvalue weighted by molar-refractivity contribution is 6.26. The summed E-state index contributed by atoms with van der Waals surface area (Å²) in [5.41, 5.74) is -2.15. The van der Waals surface area contributed by atoms with Crippen LogP contribution in [-0.4, -0.2) is 19.5 Å². The first-order valence-corrected chi connectivity index (χ1v) is 19.6. The van der Waals surface area contributed by atoms with Gasteiger partial charge in [-0.15, -0.1) is 0 Å². The van der Waals surface area contributed by atoms with Crippen LogP contribution in [0.25, 0.3) is 127 Å². The highest BCUT2D eigenvalue weighted by Crippen LogP contribution is 2.45. The molecule has 0 fully saturated rings. The molecular formula is C57H34N4O. The van der Waals surface area contributed by atoms with E-state index in [1.165, 1.54) is 4.57 Å². The molecule has 13 aromatic rings. The van der Waals surface area contributed by atoms with E-state index in [9.17, 15) is 11.0 Å². The predicted molar refractivity (Wildman–Crippen MR) is 256 cm³/mol. The number of aromatic nitrogens is 4. The molecule has 0 saturated heterocycles. The zero-order chi connectivity index (χ0) is 55.5. The molecule has 13 rings (SSSR count). The molecule has 0 spiro atoms. The molecule has 10 aromatic carbocycles. The lowest BCUT2D eigenvalue weighted by Crippen LogP contribution is -2.07. The van der Waals surface area contributed by atoms with Crippen LogP contribution in [0.4, 0.5) is 0 Å². The molecule has 0 saturated carbocycles. The maximum absolute atomic E-state index is 9.87. The monoisotopic (exact) mass is 807 g/mol. The minimum atomic E-state index is -0.784. The van der Waals surface area contributed by atoms with Gasteiger partial charge in [0.2, 0.25) is 5.95 Å². The summed E-state index contributed by atoms with van der Waals surface area (Å²) in [5.74, 6) is -0.126. The zero-order valence-corrected chi connectivity index (χ0v) is 32.0. The summed E-state index contributed by atoms with van der Waals surface area (Å²) >= 11 is 0. The van der Waals surface area contributed by atoms with Crippen molar-refractivity contribution in [1.29, 1.82) is 0 Å². The van der Waals surface area contributed by atoms with Crippen molar-refractivity contribution < 1.29 is 27.7 Å². The van der Waals surface area contributed by atoms with Gasteiger partial charge in [0.25, 0.3) is 0 Å². The first-order chi connectivity index (χ1) is 37.8. The minimum absolute atomic E-state index is 0.0866. The largest absolute Gasteiger partial charge is 0.456 e. The fourth-order valence-electron chi connectivity index (χ4n) is 8.64. The van der Waals surface area contributed by atoms with Crippen LogP contribution in [0.3, 0.4) is 0 Å². The Bertz CT molecular complexity index is 4880. The van der Waals surface area contributed by atoms with Crippen LogP contribution in [0.5, 0.6) is 0 Å². The molecule has 0 atom stereocenters. The van der Waals surface area contributed by atoms with Crippen molar-refractivity contribution >= 4 is 76.1 Å². The summed E-state index contributed by atoms with van der Waals surface area (Å²) in [5, 5.41) is 4.65. The Morgan fingerprint density at radius 1 is 0.387 bits per heavy atom. The lowest BCUT2D eigenvalue weighted by Gasteiger charge is -2.14. The minimum Gasteiger partial charge on any atom is -0.456 e. The van der Waals surface area contributed by atoms with E-state index < -0.39 is 131 Å². The third-order valence-corrected chi connectivity index (χ3v) is 11.3. The number of hydrogen-bond donors (Lipinski definition) is 0. The molecule has 5 heteroatoms. The Morgan fingerprint density at radius 3 is 1.76 bits per heavy atom. The highest BCUT2D eigenvalue weighted by Gasteiger charge is 2.23. The van der Waals surface area contributed by atoms with Crippen molar-refractivity contribution in [3.8, 4) is 51.0 Å². The second kappa shape index (κ2) is 13.6. The summed E-state index contributed by atoms with van der Waals surface area (Å²) in [6, 6.07) is 19.8. The van der Waals surface area contributed by atoms with Crippen molar-refractivity contribution in [2.24, 2.45) is 0 Å². The summed E-state index contributed by atoms with van der Waals surface area (Å²) in [7, 11) is 0. The van der Waals surface area contributed by atoms with Crippen molar-refractivity contribution in [2.75, 3.05) is 0 Å². The normalized spacial score (nSPS) is 15.7. The lowest BCUT2D eigenvalue weighted by atomic mass is 9.93. The maximum atomic E-state index is 9.87. The van der Waals surface area contributed by atoms with Gasteiger partial charge in [0, 0.05) is 38.2 Å². The number of para-hydroxylation sites is 2. The van der Waals surface area contributed by atoms with Gasteiger partial charge in [-0.25, -0.2) is 4.98 Å². The Kier molecular flexibility index (Phi) is 4.75. The Morgan fingerprint density at radius 2 is 0.984 bits per heavy atom. The molecule has 0 aliphatic heterocycles. The van der Waals surface area contributed by atoms with Crippen LogP contribution in [-0.2, 0) is 0 Å². The zero-order valence-electron chi connectivity index (χ0n) is 49.0. The van der Waals surface area contributed by atoms with Crippen LogP contribution in [0.1, 0.15) is 23.3 Å². The third-order valence-electron chi connectivity index (χ3n) is 11.3. The van der Waals surface area contributed by atoms with E-state index in [1.54, 1.807) is 30.3 Å². The van der Waals surface area contributed by atoms with Crippen molar-refractivity contribution in [3.63, 3.8) is 0 Å². The molecule has 0 N–H and O–H groups in total. The van der Waals surface area contributed by atoms with Crippen LogP contribution >= 0.6 is 0 Å². The molecule has 288 valence electrons. The topological polar surface area (TPSA) is 56.7 Å². The van der Waals surface area contributed by atoms with Crippen LogP contribution < -0.4 is 0 Å². The molecule has 3 aromatic heterocycles. The van der Waals surface area contributed by atoms with Gasteiger partial charge in [0.1, 0.15) is 11.2 Å². The van der Waals surface area contributed by atoms with Gasteiger partial charge in [0.05, 0.1) is 34.3 Å². The molecule has 0 aliphatic rings. The Hall–Kier alpha value is -8.41. The predicted octanol–water partition coefficient (Wildman–Crippen LogP) is 15.0. The van der Waals surface area contributed by atoms with E-state index in [1.807, 2.05) is 60.7 Å². The number of fused-ring (bicyclic) bond motifs is 12. The van der Waals surface area contributed by atoms with E-state index in [4.69, 9.17) is 31.7 Å². The van der Waals surface area contributed by atoms with Crippen LogP contribution in [0.15, 0.2) is 210 Å². The van der Waals surface area contributed by atoms with Gasteiger partial charge in [-0.3, -0.25) is 4.57 Å². The second-order valence-corrected chi connectivity index (χ2v) is 14.6. The first-order valence-electron chi connectivity index (χ1n) is 28.1. The summed E-state index contributed by atoms with van der Waals surface area (Å²) in [4.78, 5) is 15.1. The second-order valence-electron chi connectivity index (χ2n) is 14.6. The van der Waals surface area contributed by atoms with Gasteiger partial charge in [-0.2, -0.15) is 9.97 Å². The maximum Gasteiger partial charge on any atom is 0.238 e. The summed E-state index contributed by atoms with van der Waals surface area (Å²) in [6.45, 7) is 0. The summed E-state index contributed by atoms with van der Waals surface area (Å²) < 4.78 is 163. The summed E-state index contributed by atoms with van der Waals surface area (Å²) in [6.07, 6.45) is 0. The van der Waals surface area contributed by atoms with Crippen LogP contribution in [0.2, 0.25) is 0 Å². The molecule has 62 heavy (non-hydrogen) atoms. The molecule has 5 nitrogen and oxygen atoms in total. The standard InChI is InChI=1S/C57H34N4O/c1-3-16-35(17-4-1)38-25-14-30-50-52(38)53-45(26-15-31-51(53)62-50)47-28-13-27-46-44-24-11-12-29-49(44)61(54(46)47)57-59-55(36-18-5-2-6-19-36)58-56(60-57)37-32-33-43-41-22-8-7-20-39(41)40-21-9-10-23-42(40)48(43)34-37/h1-34H/i1D,3D,4D,11D,12D,13D,14D,15D,16D,17D,24D,26D,27D,28D,29D,30D,31D. The van der Waals surface area contributed by atoms with E-state index in [0.717, 1.165) is 38.4 Å². The van der Waals surface area contributed by atoms with Crippen molar-refractivity contribution in [1.82, 2.24) is 19.5 Å². The van der Waals surface area contributed by atoms with Crippen LogP contribution in [0, 0.1) is 0 Å². The molecule has 0 unspecified atom stereocenters. The van der Waals surface area contributed by atoms with E-state index >= 15 is 0 Å². The number of nitrogens with zero attached hydrogens (tertiary/aromatic N) is 4. The lowest BCUT2D eigenvalue weighted by molar-refractivity contribution is 0.669. The third kappa shape index (κ3) is 5.18. The molecule has 0 radical (unpaired) electrons. The van der Waals surface area contributed by atoms with E-state index in [0.29, 0.717) is 11.1 Å². The molecule has 0 aliphatic carbocycles. The molecular weight excluding hydrogens is 757 g/mol. The number of rotatable bonds is 5. The SMILES string of the molecule is [2H]c1cc(-c2c([2H])c([2H])c([2H])c([2H])c2[2H])c2c(oc3c([2H])c([2H])c([2H])c(-c4c([2H])c([2H])c([2H])c5c6c([2H])c([2H])c([2H])c([2H])c6n(-c6nc(-c7ccccc7)nc(-c7ccc8c9ccccc9c9ccccc9c8c7)n6)c45)c32)c1[2H]. The molecule has 3 heterocycles. The molecule has 0 amide bonds. The molecule has 0 bridgehead atoms. The highest BCUT2D eigenvalue weighted by atomic mass is 16.3. The van der Waals surface area contributed by atoms with Gasteiger partial charge in [0.15, 0.2) is 11.6 Å². The van der Waals surface area contributed by atoms with Gasteiger partial charge in [-0.05, 0) is 73.2 Å². The number of furan rings is 1. The van der Waals surface area contributed by atoms with Gasteiger partial charge < -0.3 is 4.42 Å². The fraction of sp³-hybridized carbons (Fsp3) is 0. The Labute approximate surface area is 379 Å². The van der Waals surface area contributed by atoms with Gasteiger partial charge >= 0.3 is 0 Å². The van der Waals surface area contributed by atoms with E-state index in [-0.39, 0.29) is 55.7 Å². The average molecular weight is 808 g/mol. The quantitative estimate of drug-likeness (QED) is 0.163. The number of benzene rings is 10.